The molecule has 1 N–H and O–H groups in total. The third kappa shape index (κ3) is 0.764. The summed E-state index contributed by atoms with van der Waals surface area (Å²) in [5.74, 6) is -2.09. The summed E-state index contributed by atoms with van der Waals surface area (Å²) in [4.78, 5) is 0. The van der Waals surface area contributed by atoms with Crippen LogP contribution in [0.15, 0.2) is 0 Å². The molecule has 0 bridgehead atoms. The van der Waals surface area contributed by atoms with Crippen molar-refractivity contribution in [2.45, 2.75) is 18.8 Å². The van der Waals surface area contributed by atoms with Crippen molar-refractivity contribution in [2.24, 2.45) is 5.89 Å². The first-order valence-corrected chi connectivity index (χ1v) is 2.67. The average Bonchev–Trinajstić information content (AvgIpc) is 2.38. The lowest BCUT2D eigenvalue weighted by molar-refractivity contribution is -0.0907. The van der Waals surface area contributed by atoms with Crippen LogP contribution >= 0.6 is 0 Å². The molecule has 0 aliphatic carbocycles. The van der Waals surface area contributed by atoms with E-state index in [-0.39, 0.29) is 6.61 Å². The molecule has 0 saturated carbocycles. The second kappa shape index (κ2) is 1.94. The van der Waals surface area contributed by atoms with Crippen molar-refractivity contribution in [2.75, 3.05) is 13.2 Å². The van der Waals surface area contributed by atoms with Crippen molar-refractivity contribution in [3.8, 4) is 0 Å². The summed E-state index contributed by atoms with van der Waals surface area (Å²) in [7, 11) is 0. The predicted molar refractivity (Wildman–Crippen MR) is 29.8 cm³/mol. The Hall–Kier alpha value is -0.120. The van der Waals surface area contributed by atoms with Crippen LogP contribution in [0.2, 0.25) is 0 Å². The minimum Gasteiger partial charge on any atom is -0.390 e. The van der Waals surface area contributed by atoms with Crippen LogP contribution in [0, 0.1) is 5.89 Å². The van der Waals surface area contributed by atoms with Gasteiger partial charge in [-0.3, -0.25) is 0 Å². The van der Waals surface area contributed by atoms with E-state index >= 15 is 0 Å². The molecule has 0 spiro atoms. The molecule has 3 nitrogen and oxygen atoms in total. The molecule has 1 unspecified atom stereocenters. The molecule has 2 fully saturated rings. The van der Waals surface area contributed by atoms with Gasteiger partial charge in [-0.25, -0.2) is 0 Å². The molecule has 0 aromatic carbocycles. The van der Waals surface area contributed by atoms with E-state index in [1.54, 1.807) is 0 Å². The van der Waals surface area contributed by atoms with E-state index in [1.165, 1.54) is 0 Å². The van der Waals surface area contributed by atoms with Gasteiger partial charge in [0.25, 0.3) is 0 Å². The highest BCUT2D eigenvalue weighted by molar-refractivity contribution is 4.81. The number of fused-ring (bicyclic) bond motifs is 1. The van der Waals surface area contributed by atoms with Gasteiger partial charge in [-0.1, -0.05) is 0 Å². The Morgan fingerprint density at radius 1 is 1.67 bits per heavy atom. The fourth-order valence-electron chi connectivity index (χ4n) is 0.885. The molecular weight excluding hydrogens is 120 g/mol. The predicted octanol–water partition coefficient (Wildman–Crippen LogP) is -0.260. The fraction of sp³-hybridized carbons (Fsp3) is 1.00. The van der Waals surface area contributed by atoms with Crippen LogP contribution in [0.1, 0.15) is 13.3 Å². The number of ether oxygens (including phenoxy) is 2. The Balaban J connectivity index is 2.46. The molecule has 52 valence electrons. The smallest absolute Gasteiger partial charge is 0.163 e. The lowest BCUT2D eigenvalue weighted by Gasteiger charge is -2.06. The highest BCUT2D eigenvalue weighted by Crippen LogP contribution is 2.30. The third-order valence-electron chi connectivity index (χ3n) is 1.34. The Morgan fingerprint density at radius 3 is 3.33 bits per heavy atom. The summed E-state index contributed by atoms with van der Waals surface area (Å²) in [6, 6.07) is 0. The van der Waals surface area contributed by atoms with Crippen molar-refractivity contribution in [1.29, 1.82) is 0 Å². The Labute approximate surface area is 60.6 Å². The van der Waals surface area contributed by atoms with Crippen LogP contribution in [-0.4, -0.2) is 30.6 Å². The topological polar surface area (TPSA) is 38.7 Å². The van der Waals surface area contributed by atoms with E-state index in [2.05, 4.69) is 4.74 Å². The second-order valence-corrected chi connectivity index (χ2v) is 1.89. The van der Waals surface area contributed by atoms with Crippen molar-refractivity contribution < 1.29 is 21.4 Å². The molecule has 0 aromatic rings. The summed E-state index contributed by atoms with van der Waals surface area (Å²) in [6.07, 6.45) is -5.32. The third-order valence-corrected chi connectivity index (χ3v) is 1.34. The molecule has 0 amide bonds. The van der Waals surface area contributed by atoms with E-state index in [9.17, 15) is 5.11 Å². The zero-order chi connectivity index (χ0) is 10.8. The molecule has 0 aromatic heterocycles. The minimum absolute atomic E-state index is 0.133. The van der Waals surface area contributed by atoms with Crippen LogP contribution in [0.4, 0.5) is 0 Å². The van der Waals surface area contributed by atoms with Gasteiger partial charge >= 0.3 is 0 Å². The summed E-state index contributed by atoms with van der Waals surface area (Å²) in [6.45, 7) is -2.81. The van der Waals surface area contributed by atoms with E-state index in [0.29, 0.717) is 0 Å². The van der Waals surface area contributed by atoms with Crippen molar-refractivity contribution >= 4 is 0 Å². The lowest BCUT2D eigenvalue weighted by Crippen LogP contribution is -2.18. The van der Waals surface area contributed by atoms with Gasteiger partial charge in [-0.15, -0.1) is 0 Å². The van der Waals surface area contributed by atoms with Gasteiger partial charge < -0.3 is 14.6 Å². The first kappa shape index (κ1) is 2.49. The largest absolute Gasteiger partial charge is 0.390 e. The summed E-state index contributed by atoms with van der Waals surface area (Å²) in [5.41, 5.74) is 0. The number of hydrogen-bond donors (Lipinski definition) is 1. The van der Waals surface area contributed by atoms with Crippen LogP contribution in [0.5, 0.6) is 0 Å². The number of hydrogen-bond acceptors (Lipinski definition) is 3. The van der Waals surface area contributed by atoms with Crippen LogP contribution in [0.25, 0.3) is 0 Å². The van der Waals surface area contributed by atoms with Crippen molar-refractivity contribution in [1.82, 2.24) is 0 Å². The highest BCUT2D eigenvalue weighted by atomic mass is 16.7. The maximum Gasteiger partial charge on any atom is 0.163 e. The van der Waals surface area contributed by atoms with Gasteiger partial charge in [0.05, 0.1) is 23.4 Å². The van der Waals surface area contributed by atoms with Gasteiger partial charge in [0.2, 0.25) is 0 Å². The number of aliphatic hydroxyl groups is 1. The van der Waals surface area contributed by atoms with Crippen molar-refractivity contribution in [3.63, 3.8) is 0 Å². The average molecular weight is 135 g/mol. The van der Waals surface area contributed by atoms with Crippen molar-refractivity contribution in [3.05, 3.63) is 0 Å². The lowest BCUT2D eigenvalue weighted by atomic mass is 10.0. The SMILES string of the molecule is [2H]C1CO[C@@H]2OC([2H])([2H])[C@]([2H])(O)[C@]12[2H]. The maximum atomic E-state index is 9.60. The molecule has 9 heavy (non-hydrogen) atoms. The Kier molecular flexibility index (Phi) is 0.536. The summed E-state index contributed by atoms with van der Waals surface area (Å²) < 4.78 is 46.5. The van der Waals surface area contributed by atoms with Crippen LogP contribution in [0.3, 0.4) is 0 Å². The fourth-order valence-corrected chi connectivity index (χ4v) is 0.885. The first-order chi connectivity index (χ1) is 6.23. The Morgan fingerprint density at radius 2 is 2.56 bits per heavy atom. The van der Waals surface area contributed by atoms with Gasteiger partial charge in [-0.05, 0) is 6.40 Å². The molecule has 0 radical (unpaired) electrons. The normalized spacial score (nSPS) is 87.9. The zero-order valence-corrected chi connectivity index (χ0v) is 4.63. The van der Waals surface area contributed by atoms with E-state index < -0.39 is 31.2 Å². The summed E-state index contributed by atoms with van der Waals surface area (Å²) in [5, 5.41) is 9.60. The van der Waals surface area contributed by atoms with Gasteiger partial charge in [0.1, 0.15) is 0 Å². The Bertz CT molecular complexity index is 270. The van der Waals surface area contributed by atoms with Gasteiger partial charge in [0, 0.05) is 8.64 Å². The molecular formula is C6H10O3. The van der Waals surface area contributed by atoms with Gasteiger partial charge in [-0.2, -0.15) is 0 Å². The standard InChI is InChI=1S/C6H10O3/c7-5-3-9-6-4(5)1-2-8-6/h4-7H,1-3H2/t4-,5-,6+/m0/s1/i1D,3D2,4D,5D/t1?,4-,5-,6+. The maximum absolute atomic E-state index is 9.60. The molecule has 2 rings (SSSR count). The molecule has 2 aliphatic rings. The van der Waals surface area contributed by atoms with E-state index in [4.69, 9.17) is 11.6 Å². The first-order valence-electron chi connectivity index (χ1n) is 5.25. The summed E-state index contributed by atoms with van der Waals surface area (Å²) >= 11 is 0. The van der Waals surface area contributed by atoms with E-state index in [0.717, 1.165) is 0 Å². The molecule has 2 saturated heterocycles. The van der Waals surface area contributed by atoms with E-state index in [1.807, 2.05) is 0 Å². The highest BCUT2D eigenvalue weighted by Gasteiger charge is 2.40. The molecule has 2 heterocycles. The van der Waals surface area contributed by atoms with Crippen LogP contribution < -0.4 is 0 Å². The van der Waals surface area contributed by atoms with Crippen LogP contribution in [-0.2, 0) is 9.47 Å². The molecule has 3 heteroatoms. The quantitative estimate of drug-likeness (QED) is 0.497. The van der Waals surface area contributed by atoms with Gasteiger partial charge in [0.15, 0.2) is 6.29 Å². The molecule has 4 atom stereocenters. The zero-order valence-electron chi connectivity index (χ0n) is 9.63. The monoisotopic (exact) mass is 135 g/mol. The molecule has 2 aliphatic heterocycles. The number of rotatable bonds is 0. The second-order valence-electron chi connectivity index (χ2n) is 1.89. The minimum atomic E-state index is -2.78.